The van der Waals surface area contributed by atoms with Crippen molar-refractivity contribution in [3.05, 3.63) is 29.8 Å². The second-order valence-corrected chi connectivity index (χ2v) is 8.65. The fourth-order valence-electron chi connectivity index (χ4n) is 3.30. The van der Waals surface area contributed by atoms with E-state index < -0.39 is 16.1 Å². The lowest BCUT2D eigenvalue weighted by molar-refractivity contribution is -0.125. The maximum absolute atomic E-state index is 13.0. The normalized spacial score (nSPS) is 18.8. The zero-order valence-corrected chi connectivity index (χ0v) is 16.9. The van der Waals surface area contributed by atoms with E-state index in [0.29, 0.717) is 19.5 Å². The summed E-state index contributed by atoms with van der Waals surface area (Å²) >= 11 is 0. The van der Waals surface area contributed by atoms with Gasteiger partial charge in [-0.2, -0.15) is 4.31 Å². The Balaban J connectivity index is 2.08. The van der Waals surface area contributed by atoms with Crippen molar-refractivity contribution in [2.45, 2.75) is 51.0 Å². The van der Waals surface area contributed by atoms with Crippen molar-refractivity contribution in [2.75, 3.05) is 32.7 Å². The van der Waals surface area contributed by atoms with Gasteiger partial charge in [0.1, 0.15) is 6.04 Å². The van der Waals surface area contributed by atoms with Crippen LogP contribution in [0.15, 0.2) is 29.2 Å². The molecule has 1 unspecified atom stereocenters. The van der Waals surface area contributed by atoms with Gasteiger partial charge in [0.2, 0.25) is 15.9 Å². The molecule has 1 aliphatic heterocycles. The number of piperidine rings is 1. The summed E-state index contributed by atoms with van der Waals surface area (Å²) in [5.41, 5.74) is 1.01. The molecule has 0 spiro atoms. The first-order valence-electron chi connectivity index (χ1n) is 9.48. The molecule has 1 N–H and O–H groups in total. The highest BCUT2D eigenvalue weighted by Gasteiger charge is 2.37. The predicted octanol–water partition coefficient (Wildman–Crippen LogP) is 2.00. The van der Waals surface area contributed by atoms with Crippen LogP contribution in [0.4, 0.5) is 0 Å². The molecule has 1 amide bonds. The van der Waals surface area contributed by atoms with Crippen LogP contribution in [-0.4, -0.2) is 62.3 Å². The number of hydrogen-bond donors (Lipinski definition) is 1. The summed E-state index contributed by atoms with van der Waals surface area (Å²) in [5.74, 6) is -0.187. The Labute approximate surface area is 157 Å². The fraction of sp³-hybridized carbons (Fsp3) is 0.632. The molecule has 26 heavy (non-hydrogen) atoms. The van der Waals surface area contributed by atoms with Crippen molar-refractivity contribution >= 4 is 15.9 Å². The average Bonchev–Trinajstić information content (AvgIpc) is 2.65. The van der Waals surface area contributed by atoms with Crippen molar-refractivity contribution in [3.8, 4) is 0 Å². The molecule has 1 aromatic rings. The third kappa shape index (κ3) is 5.05. The van der Waals surface area contributed by atoms with E-state index in [1.807, 2.05) is 6.92 Å². The van der Waals surface area contributed by atoms with E-state index in [1.54, 1.807) is 24.3 Å². The first-order valence-corrected chi connectivity index (χ1v) is 10.9. The molecule has 0 radical (unpaired) electrons. The largest absolute Gasteiger partial charge is 0.353 e. The van der Waals surface area contributed by atoms with Crippen LogP contribution in [0.1, 0.15) is 38.7 Å². The van der Waals surface area contributed by atoms with Gasteiger partial charge in [0.05, 0.1) is 4.90 Å². The van der Waals surface area contributed by atoms with Gasteiger partial charge in [-0.1, -0.05) is 38.0 Å². The molecule has 1 aliphatic rings. The Bertz CT molecular complexity index is 684. The lowest BCUT2D eigenvalue weighted by Gasteiger charge is -2.33. The van der Waals surface area contributed by atoms with Gasteiger partial charge >= 0.3 is 0 Å². The molecule has 146 valence electrons. The van der Waals surface area contributed by atoms with Crippen molar-refractivity contribution < 1.29 is 13.2 Å². The summed E-state index contributed by atoms with van der Waals surface area (Å²) in [5, 5.41) is 2.93. The molecule has 0 aromatic heterocycles. The number of sulfonamides is 1. The van der Waals surface area contributed by atoms with Crippen LogP contribution in [-0.2, 0) is 14.8 Å². The fourth-order valence-corrected chi connectivity index (χ4v) is 4.95. The van der Waals surface area contributed by atoms with E-state index in [0.717, 1.165) is 38.0 Å². The minimum absolute atomic E-state index is 0.187. The molecule has 1 aromatic carbocycles. The van der Waals surface area contributed by atoms with Crippen molar-refractivity contribution in [2.24, 2.45) is 0 Å². The first-order chi connectivity index (χ1) is 12.4. The lowest BCUT2D eigenvalue weighted by Crippen LogP contribution is -2.52. The highest BCUT2D eigenvalue weighted by molar-refractivity contribution is 7.89. The molecule has 1 fully saturated rings. The maximum Gasteiger partial charge on any atom is 0.243 e. The van der Waals surface area contributed by atoms with E-state index in [2.05, 4.69) is 24.1 Å². The number of rotatable bonds is 8. The Hall–Kier alpha value is -1.44. The summed E-state index contributed by atoms with van der Waals surface area (Å²) in [7, 11) is -3.66. The number of benzene rings is 1. The summed E-state index contributed by atoms with van der Waals surface area (Å²) in [6.07, 6.45) is 2.23. The van der Waals surface area contributed by atoms with E-state index in [-0.39, 0.29) is 10.8 Å². The van der Waals surface area contributed by atoms with Crippen molar-refractivity contribution in [3.63, 3.8) is 0 Å². The molecule has 0 bridgehead atoms. The molecular weight excluding hydrogens is 350 g/mol. The van der Waals surface area contributed by atoms with Crippen LogP contribution in [0.2, 0.25) is 0 Å². The Morgan fingerprint density at radius 3 is 2.46 bits per heavy atom. The van der Waals surface area contributed by atoms with Crippen molar-refractivity contribution in [1.29, 1.82) is 0 Å². The minimum Gasteiger partial charge on any atom is -0.353 e. The van der Waals surface area contributed by atoms with Crippen LogP contribution < -0.4 is 5.32 Å². The van der Waals surface area contributed by atoms with E-state index in [9.17, 15) is 13.2 Å². The molecule has 1 atom stereocenters. The quantitative estimate of drug-likeness (QED) is 0.748. The Morgan fingerprint density at radius 1 is 1.19 bits per heavy atom. The van der Waals surface area contributed by atoms with Crippen LogP contribution in [0.3, 0.4) is 0 Å². The summed E-state index contributed by atoms with van der Waals surface area (Å²) < 4.78 is 27.4. The first kappa shape index (κ1) is 20.9. The van der Waals surface area contributed by atoms with Gasteiger partial charge in [-0.25, -0.2) is 8.42 Å². The number of hydrogen-bond acceptors (Lipinski definition) is 4. The smallest absolute Gasteiger partial charge is 0.243 e. The maximum atomic E-state index is 13.0. The standard InChI is InChI=1S/C19H31N3O3S/c1-4-21(5-2)15-13-20-19(23)18-8-6-7-14-22(18)26(24,25)17-11-9-16(3)10-12-17/h9-12,18H,4-8,13-15H2,1-3H3,(H,20,23). The number of likely N-dealkylation sites (N-methyl/N-ethyl adjacent to an activating group) is 1. The van der Waals surface area contributed by atoms with Gasteiger partial charge in [0, 0.05) is 19.6 Å². The highest BCUT2D eigenvalue weighted by Crippen LogP contribution is 2.25. The molecule has 1 heterocycles. The lowest BCUT2D eigenvalue weighted by atomic mass is 10.0. The van der Waals surface area contributed by atoms with E-state index in [4.69, 9.17) is 0 Å². The van der Waals surface area contributed by atoms with E-state index in [1.165, 1.54) is 4.31 Å². The zero-order valence-electron chi connectivity index (χ0n) is 16.1. The number of aryl methyl sites for hydroxylation is 1. The number of nitrogens with zero attached hydrogens (tertiary/aromatic N) is 2. The molecule has 7 heteroatoms. The van der Waals surface area contributed by atoms with Crippen molar-refractivity contribution in [1.82, 2.24) is 14.5 Å². The van der Waals surface area contributed by atoms with Gasteiger partial charge in [-0.3, -0.25) is 4.79 Å². The number of amides is 1. The SMILES string of the molecule is CCN(CC)CCNC(=O)C1CCCCN1S(=O)(=O)c1ccc(C)cc1. The summed E-state index contributed by atoms with van der Waals surface area (Å²) in [4.78, 5) is 15.1. The van der Waals surface area contributed by atoms with Gasteiger partial charge in [-0.15, -0.1) is 0 Å². The topological polar surface area (TPSA) is 69.7 Å². The van der Waals surface area contributed by atoms with Gasteiger partial charge < -0.3 is 10.2 Å². The second kappa shape index (κ2) is 9.48. The second-order valence-electron chi connectivity index (χ2n) is 6.76. The minimum atomic E-state index is -3.66. The molecule has 2 rings (SSSR count). The van der Waals surface area contributed by atoms with Gasteiger partial charge in [0.15, 0.2) is 0 Å². The average molecular weight is 382 g/mol. The highest BCUT2D eigenvalue weighted by atomic mass is 32.2. The monoisotopic (exact) mass is 381 g/mol. The molecule has 6 nitrogen and oxygen atoms in total. The molecule has 0 aliphatic carbocycles. The molecule has 1 saturated heterocycles. The van der Waals surface area contributed by atoms with Gasteiger partial charge in [-0.05, 0) is 45.0 Å². The Kier molecular flexibility index (Phi) is 7.61. The third-order valence-corrected chi connectivity index (χ3v) is 6.93. The summed E-state index contributed by atoms with van der Waals surface area (Å²) in [6, 6.07) is 6.20. The predicted molar refractivity (Wildman–Crippen MR) is 104 cm³/mol. The number of carbonyl (C=O) groups excluding carboxylic acids is 1. The van der Waals surface area contributed by atoms with Crippen LogP contribution in [0.25, 0.3) is 0 Å². The number of nitrogens with one attached hydrogen (secondary N) is 1. The van der Waals surface area contributed by atoms with E-state index >= 15 is 0 Å². The van der Waals surface area contributed by atoms with Crippen LogP contribution in [0, 0.1) is 6.92 Å². The molecule has 0 saturated carbocycles. The summed E-state index contributed by atoms with van der Waals surface area (Å²) in [6.45, 7) is 9.66. The Morgan fingerprint density at radius 2 is 1.85 bits per heavy atom. The third-order valence-electron chi connectivity index (χ3n) is 5.01. The van der Waals surface area contributed by atoms with Crippen LogP contribution >= 0.6 is 0 Å². The molecular formula is C19H31N3O3S. The number of carbonyl (C=O) groups is 1. The van der Waals surface area contributed by atoms with Crippen LogP contribution in [0.5, 0.6) is 0 Å². The zero-order chi connectivity index (χ0) is 19.2. The van der Waals surface area contributed by atoms with Gasteiger partial charge in [0.25, 0.3) is 0 Å².